The minimum atomic E-state index is -0.900. The smallest absolute Gasteiger partial charge is 0.308 e. The number of esters is 1. The van der Waals surface area contributed by atoms with E-state index < -0.39 is 29.5 Å². The number of carbonyl (C=O) groups excluding carboxylic acids is 3. The van der Waals surface area contributed by atoms with Crippen LogP contribution in [0.5, 0.6) is 0 Å². The third-order valence-electron chi connectivity index (χ3n) is 10.7. The lowest BCUT2D eigenvalue weighted by atomic mass is 9.36. The van der Waals surface area contributed by atoms with Gasteiger partial charge in [-0.2, -0.15) is 0 Å². The number of ketones is 1. The lowest BCUT2D eigenvalue weighted by Gasteiger charge is -2.69. The molecule has 0 amide bonds. The number of rotatable bonds is 6. The molecule has 0 spiro atoms. The topological polar surface area (TPSA) is 80.7 Å². The SMILES string of the molecule is [2H]CC1(C[2H])CCC[C@@]2(C)[C@H]1CCC1(C[2H])[C@@H]2C[C@@H](OC(=O)CC(C)O)[C@]2(C)C([C@H](C=O)C(C)=O)=CC[C@@H]12. The molecule has 3 fully saturated rings. The lowest BCUT2D eigenvalue weighted by molar-refractivity contribution is -0.220. The number of carbonyl (C=O) groups is 3. The molecule has 3 saturated carbocycles. The number of aliphatic hydroxyl groups excluding tert-OH is 1. The highest BCUT2D eigenvalue weighted by molar-refractivity contribution is 5.95. The Labute approximate surface area is 215 Å². The van der Waals surface area contributed by atoms with Crippen molar-refractivity contribution in [3.05, 3.63) is 11.6 Å². The normalized spacial score (nSPS) is 44.7. The summed E-state index contributed by atoms with van der Waals surface area (Å²) < 4.78 is 32.0. The van der Waals surface area contributed by atoms with E-state index in [1.54, 1.807) is 6.92 Å². The molecule has 0 aromatic rings. The number of ether oxygens (including phenoxy) is 1. The average molecular weight is 490 g/mol. The fourth-order valence-electron chi connectivity index (χ4n) is 9.17. The first kappa shape index (κ1) is 22.7. The molecule has 5 nitrogen and oxygen atoms in total. The van der Waals surface area contributed by atoms with Gasteiger partial charge in [0.25, 0.3) is 0 Å². The monoisotopic (exact) mass is 489 g/mol. The summed E-state index contributed by atoms with van der Waals surface area (Å²) in [5, 5.41) is 9.87. The largest absolute Gasteiger partial charge is 0.461 e. The summed E-state index contributed by atoms with van der Waals surface area (Å²) in [5.41, 5.74) is -0.958. The molecule has 0 saturated heterocycles. The number of fused-ring (bicyclic) bond motifs is 5. The molecule has 0 aromatic heterocycles. The van der Waals surface area contributed by atoms with Crippen LogP contribution in [0.25, 0.3) is 0 Å². The van der Waals surface area contributed by atoms with E-state index in [2.05, 4.69) is 6.92 Å². The first-order chi connectivity index (χ1) is 17.9. The summed E-state index contributed by atoms with van der Waals surface area (Å²) in [5.74, 6) is -1.42. The van der Waals surface area contributed by atoms with E-state index in [0.29, 0.717) is 24.7 Å². The molecule has 0 bridgehead atoms. The van der Waals surface area contributed by atoms with Crippen LogP contribution in [0.1, 0.15) is 104 Å². The zero-order chi connectivity index (χ0) is 28.1. The van der Waals surface area contributed by atoms with Crippen molar-refractivity contribution in [3.8, 4) is 0 Å². The summed E-state index contributed by atoms with van der Waals surface area (Å²) in [7, 11) is 0. The van der Waals surface area contributed by atoms with E-state index in [0.717, 1.165) is 32.1 Å². The second kappa shape index (κ2) is 8.82. The summed E-state index contributed by atoms with van der Waals surface area (Å²) in [6.45, 7) is 7.98. The van der Waals surface area contributed by atoms with Gasteiger partial charge in [-0.1, -0.05) is 47.0 Å². The van der Waals surface area contributed by atoms with Crippen LogP contribution in [0.3, 0.4) is 0 Å². The van der Waals surface area contributed by atoms with Crippen LogP contribution >= 0.6 is 0 Å². The number of hydrogen-bond acceptors (Lipinski definition) is 5. The molecule has 9 atom stereocenters. The Bertz CT molecular complexity index is 977. The van der Waals surface area contributed by atoms with Crippen LogP contribution in [0.2, 0.25) is 0 Å². The van der Waals surface area contributed by atoms with Crippen molar-refractivity contribution >= 4 is 18.0 Å². The molecule has 4 aliphatic carbocycles. The van der Waals surface area contributed by atoms with E-state index >= 15 is 0 Å². The first-order valence-corrected chi connectivity index (χ1v) is 13.3. The van der Waals surface area contributed by atoms with Gasteiger partial charge in [-0.15, -0.1) is 0 Å². The van der Waals surface area contributed by atoms with Gasteiger partial charge in [-0.25, -0.2) is 0 Å². The fraction of sp³-hybridized carbons (Fsp3) is 0.833. The minimum absolute atomic E-state index is 0.0613. The van der Waals surface area contributed by atoms with Crippen LogP contribution in [0.4, 0.5) is 0 Å². The molecule has 1 N–H and O–H groups in total. The zero-order valence-electron chi connectivity index (χ0n) is 25.0. The van der Waals surface area contributed by atoms with Gasteiger partial charge in [0.2, 0.25) is 0 Å². The quantitative estimate of drug-likeness (QED) is 0.225. The van der Waals surface area contributed by atoms with Gasteiger partial charge in [-0.05, 0) is 91.9 Å². The van der Waals surface area contributed by atoms with E-state index in [-0.39, 0.29) is 66.9 Å². The summed E-state index contributed by atoms with van der Waals surface area (Å²) in [6, 6.07) is 0. The maximum absolute atomic E-state index is 13.0. The summed E-state index contributed by atoms with van der Waals surface area (Å²) in [4.78, 5) is 37.7. The second-order valence-electron chi connectivity index (χ2n) is 12.8. The van der Waals surface area contributed by atoms with Gasteiger partial charge < -0.3 is 14.6 Å². The highest BCUT2D eigenvalue weighted by Gasteiger charge is 2.69. The molecule has 0 aromatic carbocycles. The highest BCUT2D eigenvalue weighted by Crippen LogP contribution is 2.73. The molecule has 4 aliphatic rings. The molecule has 4 rings (SSSR count). The van der Waals surface area contributed by atoms with Crippen molar-refractivity contribution in [2.24, 2.45) is 45.3 Å². The predicted molar refractivity (Wildman–Crippen MR) is 135 cm³/mol. The van der Waals surface area contributed by atoms with E-state index in [4.69, 9.17) is 8.85 Å². The van der Waals surface area contributed by atoms with Crippen molar-refractivity contribution in [2.45, 2.75) is 112 Å². The van der Waals surface area contributed by atoms with Crippen molar-refractivity contribution in [1.82, 2.24) is 0 Å². The zero-order valence-corrected chi connectivity index (χ0v) is 22.0. The van der Waals surface area contributed by atoms with Gasteiger partial charge in [0.1, 0.15) is 18.2 Å². The van der Waals surface area contributed by atoms with Crippen molar-refractivity contribution < 1.29 is 28.3 Å². The molecule has 35 heavy (non-hydrogen) atoms. The minimum Gasteiger partial charge on any atom is -0.461 e. The van der Waals surface area contributed by atoms with Gasteiger partial charge in [0, 0.05) is 9.53 Å². The molecule has 5 heteroatoms. The molecule has 0 aliphatic heterocycles. The van der Waals surface area contributed by atoms with Crippen LogP contribution in [-0.2, 0) is 19.1 Å². The van der Waals surface area contributed by atoms with E-state index in [9.17, 15) is 19.5 Å². The Morgan fingerprint density at radius 1 is 1.17 bits per heavy atom. The van der Waals surface area contributed by atoms with Crippen LogP contribution in [-0.4, -0.2) is 35.4 Å². The van der Waals surface area contributed by atoms with Crippen molar-refractivity contribution in [2.75, 3.05) is 0 Å². The number of aldehydes is 1. The van der Waals surface area contributed by atoms with Gasteiger partial charge >= 0.3 is 5.97 Å². The van der Waals surface area contributed by atoms with Crippen LogP contribution in [0, 0.1) is 45.3 Å². The first-order valence-electron chi connectivity index (χ1n) is 15.4. The Morgan fingerprint density at radius 2 is 1.91 bits per heavy atom. The molecular formula is C30H46O5. The Morgan fingerprint density at radius 3 is 2.51 bits per heavy atom. The number of aliphatic hydroxyl groups is 1. The fourth-order valence-corrected chi connectivity index (χ4v) is 9.17. The van der Waals surface area contributed by atoms with E-state index in [1.807, 2.05) is 13.0 Å². The van der Waals surface area contributed by atoms with Gasteiger partial charge in [-0.3, -0.25) is 9.59 Å². The van der Waals surface area contributed by atoms with Gasteiger partial charge in [0.05, 0.1) is 18.4 Å². The van der Waals surface area contributed by atoms with Gasteiger partial charge in [0.15, 0.2) is 0 Å². The molecule has 2 unspecified atom stereocenters. The number of allylic oxidation sites excluding steroid dienone is 1. The van der Waals surface area contributed by atoms with Crippen molar-refractivity contribution in [1.29, 1.82) is 0 Å². The third-order valence-corrected chi connectivity index (χ3v) is 10.7. The summed E-state index contributed by atoms with van der Waals surface area (Å²) in [6.07, 6.45) is 6.80. The highest BCUT2D eigenvalue weighted by atomic mass is 16.5. The Balaban J connectivity index is 1.84. The maximum Gasteiger partial charge on any atom is 0.308 e. The standard InChI is InChI=1S/C30H46O5/c1-18(32)15-26(34)35-25-16-24-28(5)13-8-12-27(3,4)22(28)11-14-29(24,6)23-10-9-21(30(23,25)7)20(17-31)19(2)33/h9,17-18,20,22-25,32H,8,10-16H2,1-7H3/t18?,20-,22+,23+,24-,25-,28+,29?,30-/m1/s1/i3D,4D,6D. The Hall–Kier alpha value is -1.49. The average Bonchev–Trinajstić information content (AvgIpc) is 3.22. The Kier molecular flexibility index (Phi) is 5.71. The third kappa shape index (κ3) is 3.95. The second-order valence-corrected chi connectivity index (χ2v) is 12.8. The van der Waals surface area contributed by atoms with Crippen LogP contribution < -0.4 is 0 Å². The van der Waals surface area contributed by atoms with Crippen molar-refractivity contribution in [3.63, 3.8) is 0 Å². The van der Waals surface area contributed by atoms with Crippen LogP contribution in [0.15, 0.2) is 11.6 Å². The predicted octanol–water partition coefficient (Wildman–Crippen LogP) is 5.68. The number of Topliss-reactive ketones (excluding diaryl/α,β-unsaturated/α-hetero) is 1. The summed E-state index contributed by atoms with van der Waals surface area (Å²) >= 11 is 0. The number of hydrogen-bond donors (Lipinski definition) is 1. The maximum atomic E-state index is 13.0. The molecule has 196 valence electrons. The van der Waals surface area contributed by atoms with E-state index in [1.165, 1.54) is 6.92 Å². The molecule has 0 radical (unpaired) electrons. The molecular weight excluding hydrogens is 440 g/mol. The lowest BCUT2D eigenvalue weighted by Crippen LogP contribution is -2.64. The molecule has 0 heterocycles.